The van der Waals surface area contributed by atoms with Gasteiger partial charge in [0.05, 0.1) is 43.1 Å². The maximum atomic E-state index is 14.6. The molecule has 1 aromatic heterocycles. The van der Waals surface area contributed by atoms with E-state index in [1.54, 1.807) is 14.0 Å². The third-order valence-corrected chi connectivity index (χ3v) is 16.6. The number of aldehydes is 1. The molecule has 69 heavy (non-hydrogen) atoms. The van der Waals surface area contributed by atoms with Gasteiger partial charge in [-0.25, -0.2) is 4.79 Å². The molecule has 15 heteroatoms. The van der Waals surface area contributed by atoms with Gasteiger partial charge in [-0.15, -0.1) is 0 Å². The van der Waals surface area contributed by atoms with Crippen LogP contribution in [0.3, 0.4) is 0 Å². The monoisotopic (exact) mass is 954 g/mol. The van der Waals surface area contributed by atoms with Gasteiger partial charge in [-0.2, -0.15) is 0 Å². The fourth-order valence-corrected chi connectivity index (χ4v) is 13.4. The number of rotatable bonds is 15. The Hall–Kier alpha value is -4.61. The first-order valence-corrected chi connectivity index (χ1v) is 25.4. The summed E-state index contributed by atoms with van der Waals surface area (Å²) in [5, 5.41) is 58.2. The van der Waals surface area contributed by atoms with Crippen LogP contribution in [-0.2, 0) is 43.3 Å². The number of fused-ring (bicyclic) bond motifs is 8. The number of aromatic amines is 1. The number of ketones is 1. The molecule has 0 spiro atoms. The van der Waals surface area contributed by atoms with Gasteiger partial charge in [-0.3, -0.25) is 9.59 Å². The lowest BCUT2D eigenvalue weighted by Gasteiger charge is -2.58. The Bertz CT molecular complexity index is 2480. The number of benzene rings is 2. The SMILES string of the molecule is CCOC(=O)C1=C(C=O)C2=C3C[C@H](CO)C(=O)[C@H](C3)c3cc4cc[nH]c4cc3CC[C@@H](CO)COc3c4c(c(CO)c(c32)O1)O[C@H]([C@@]1(O)[C@H](CCCO)CC[C@@H]2[C@@H](CC)N(CCCOC)CC[C@@H]21)C4. The third-order valence-electron chi connectivity index (χ3n) is 16.6. The van der Waals surface area contributed by atoms with Gasteiger partial charge in [0.25, 0.3) is 0 Å². The number of allylic oxidation sites excluding steroid dienone is 3. The number of carbonyl (C=O) groups excluding carboxylic acids is 3. The second kappa shape index (κ2) is 21.0. The first-order chi connectivity index (χ1) is 33.6. The molecule has 6 N–H and O–H groups in total. The van der Waals surface area contributed by atoms with Crippen LogP contribution in [-0.4, -0.2) is 131 Å². The highest BCUT2D eigenvalue weighted by Gasteiger charge is 2.60. The van der Waals surface area contributed by atoms with Gasteiger partial charge in [0.1, 0.15) is 34.7 Å². The average molecular weight is 955 g/mol. The number of methoxy groups -OCH3 is 1. The Morgan fingerprint density at radius 2 is 1.86 bits per heavy atom. The molecule has 2 saturated carbocycles. The zero-order chi connectivity index (χ0) is 48.6. The van der Waals surface area contributed by atoms with Crippen molar-refractivity contribution in [3.63, 3.8) is 0 Å². The van der Waals surface area contributed by atoms with Crippen LogP contribution >= 0.6 is 0 Å². The molecule has 3 aromatic rings. The quantitative estimate of drug-likeness (QED) is 0.0632. The van der Waals surface area contributed by atoms with Gasteiger partial charge < -0.3 is 59.1 Å². The van der Waals surface area contributed by atoms with E-state index >= 15 is 0 Å². The molecule has 0 unspecified atom stereocenters. The topological polar surface area (TPSA) is 218 Å². The number of hydrogen-bond acceptors (Lipinski definition) is 14. The molecule has 9 rings (SSSR count). The Morgan fingerprint density at radius 3 is 2.58 bits per heavy atom. The lowest BCUT2D eigenvalue weighted by atomic mass is 9.55. The normalized spacial score (nSPS) is 29.1. The zero-order valence-electron chi connectivity index (χ0n) is 40.3. The summed E-state index contributed by atoms with van der Waals surface area (Å²) < 4.78 is 31.6. The standard InChI is InChI=1S/C54H70N2O13/c1-4-44-36-12-11-35(8-6-18-57)54(64,42(36)14-17-56(44)16-7-19-65-3)45-24-39-49(68-45)41(28-61)51-47-46(40(27-60)52(69-51)53(63)66-5-2)33-20-34(26-59)48(62)38(22-33)37-21-32-13-15-55-43(32)23-31(37)10-9-30(25-58)29-67-50(39)47/h13,15,21,23,27,30,34-36,38,42,44-45,55,57-59,61,64H,4-12,14,16-20,22,24-26,28-29H2,1-3H3/t30-,34+,35+,36-,38+,42-,44+,45-,54+/m0/s1. The summed E-state index contributed by atoms with van der Waals surface area (Å²) in [6, 6.07) is 6.23. The van der Waals surface area contributed by atoms with Crippen LogP contribution in [0.4, 0.5) is 0 Å². The number of aliphatic hydroxyl groups is 5. The number of H-pyrrole nitrogens is 1. The molecule has 15 nitrogen and oxygen atoms in total. The molecule has 2 bridgehead atoms. The van der Waals surface area contributed by atoms with Crippen molar-refractivity contribution in [1.82, 2.24) is 9.88 Å². The molecular weight excluding hydrogens is 885 g/mol. The molecule has 0 radical (unpaired) electrons. The number of Topliss-reactive ketones (excluding diaryl/α,β-unsaturated/α-hetero) is 1. The molecule has 2 aromatic carbocycles. The van der Waals surface area contributed by atoms with Crippen molar-refractivity contribution in [3.8, 4) is 17.2 Å². The van der Waals surface area contributed by atoms with Gasteiger partial charge in [0.15, 0.2) is 6.29 Å². The molecule has 1 saturated heterocycles. The van der Waals surface area contributed by atoms with E-state index < -0.39 is 54.4 Å². The van der Waals surface area contributed by atoms with E-state index in [0.717, 1.165) is 67.2 Å². The zero-order valence-corrected chi connectivity index (χ0v) is 40.3. The second-order valence-corrected chi connectivity index (χ2v) is 20.2. The highest BCUT2D eigenvalue weighted by Crippen LogP contribution is 2.60. The number of ether oxygens (including phenoxy) is 5. The predicted molar refractivity (Wildman–Crippen MR) is 256 cm³/mol. The second-order valence-electron chi connectivity index (χ2n) is 20.2. The molecule has 2 aliphatic carbocycles. The first kappa shape index (κ1) is 49.4. The summed E-state index contributed by atoms with van der Waals surface area (Å²) in [4.78, 5) is 48.1. The van der Waals surface area contributed by atoms with Crippen LogP contribution in [0.15, 0.2) is 41.3 Å². The summed E-state index contributed by atoms with van der Waals surface area (Å²) in [7, 11) is 1.72. The van der Waals surface area contributed by atoms with E-state index in [1.165, 1.54) is 0 Å². The van der Waals surface area contributed by atoms with Gasteiger partial charge in [-0.05, 0) is 137 Å². The first-order valence-electron chi connectivity index (χ1n) is 25.4. The predicted octanol–water partition coefficient (Wildman–Crippen LogP) is 5.48. The highest BCUT2D eigenvalue weighted by atomic mass is 16.6. The molecule has 5 heterocycles. The number of aliphatic hydroxyl groups excluding tert-OH is 4. The van der Waals surface area contributed by atoms with Crippen LogP contribution in [0.2, 0.25) is 0 Å². The molecule has 3 fully saturated rings. The number of aryl methyl sites for hydroxylation is 1. The number of aromatic nitrogens is 1. The van der Waals surface area contributed by atoms with Crippen LogP contribution in [0.25, 0.3) is 16.5 Å². The van der Waals surface area contributed by atoms with Crippen molar-refractivity contribution >= 4 is 34.5 Å². The van der Waals surface area contributed by atoms with Crippen molar-refractivity contribution in [2.24, 2.45) is 29.6 Å². The summed E-state index contributed by atoms with van der Waals surface area (Å²) in [6.45, 7) is 4.91. The molecule has 0 amide bonds. The fraction of sp³-hybridized carbons (Fsp3) is 0.611. The number of nitrogens with zero attached hydrogens (tertiary/aromatic N) is 1. The molecule has 6 aliphatic rings. The van der Waals surface area contributed by atoms with Crippen molar-refractivity contribution in [2.75, 3.05) is 59.8 Å². The van der Waals surface area contributed by atoms with E-state index in [4.69, 9.17) is 23.7 Å². The number of hydrogen-bond donors (Lipinski definition) is 6. The third kappa shape index (κ3) is 8.73. The van der Waals surface area contributed by atoms with Gasteiger partial charge >= 0.3 is 5.97 Å². The van der Waals surface area contributed by atoms with E-state index in [1.807, 2.05) is 24.4 Å². The number of likely N-dealkylation sites (tertiary alicyclic amines) is 1. The number of carbonyl (C=O) groups is 3. The van der Waals surface area contributed by atoms with E-state index in [-0.39, 0.29) is 104 Å². The minimum Gasteiger partial charge on any atom is -0.492 e. The molecule has 374 valence electrons. The minimum atomic E-state index is -1.37. The van der Waals surface area contributed by atoms with Crippen molar-refractivity contribution in [3.05, 3.63) is 69.1 Å². The van der Waals surface area contributed by atoms with Crippen molar-refractivity contribution in [1.29, 1.82) is 0 Å². The molecule has 4 aliphatic heterocycles. The van der Waals surface area contributed by atoms with E-state index in [2.05, 4.69) is 16.8 Å². The van der Waals surface area contributed by atoms with Gasteiger partial charge in [-0.1, -0.05) is 12.5 Å². The maximum Gasteiger partial charge on any atom is 0.375 e. The lowest BCUT2D eigenvalue weighted by Crippen LogP contribution is -2.65. The summed E-state index contributed by atoms with van der Waals surface area (Å²) >= 11 is 0. The van der Waals surface area contributed by atoms with Crippen LogP contribution in [0, 0.1) is 29.6 Å². The summed E-state index contributed by atoms with van der Waals surface area (Å²) in [5.74, 6) is -3.05. The average Bonchev–Trinajstić information content (AvgIpc) is 4.03. The maximum absolute atomic E-state index is 14.6. The smallest absolute Gasteiger partial charge is 0.375 e. The molecule has 9 atom stereocenters. The largest absolute Gasteiger partial charge is 0.492 e. The van der Waals surface area contributed by atoms with Gasteiger partial charge in [0.2, 0.25) is 5.76 Å². The minimum absolute atomic E-state index is 0.0166. The lowest BCUT2D eigenvalue weighted by molar-refractivity contribution is -0.195. The Labute approximate surface area is 403 Å². The van der Waals surface area contributed by atoms with Crippen molar-refractivity contribution in [2.45, 2.75) is 121 Å². The highest BCUT2D eigenvalue weighted by molar-refractivity contribution is 6.11. The van der Waals surface area contributed by atoms with E-state index in [9.17, 15) is 39.9 Å². The number of esters is 1. The molecular formula is C54H70N2O13. The van der Waals surface area contributed by atoms with Crippen LogP contribution in [0.5, 0.6) is 17.2 Å². The Morgan fingerprint density at radius 1 is 1.01 bits per heavy atom. The number of nitrogens with one attached hydrogen (secondary N) is 1. The Kier molecular flexibility index (Phi) is 15.0. The van der Waals surface area contributed by atoms with Gasteiger partial charge in [0, 0.05) is 86.5 Å². The Balaban J connectivity index is 1.24. The van der Waals surface area contributed by atoms with E-state index in [0.29, 0.717) is 60.8 Å². The summed E-state index contributed by atoms with van der Waals surface area (Å²) in [6.07, 6.45) is 8.27. The summed E-state index contributed by atoms with van der Waals surface area (Å²) in [5.41, 5.74) is 3.09. The fourth-order valence-electron chi connectivity index (χ4n) is 13.4. The van der Waals surface area contributed by atoms with Crippen LogP contribution in [0.1, 0.15) is 112 Å². The number of piperidine rings is 1. The van der Waals surface area contributed by atoms with Crippen LogP contribution < -0.4 is 14.2 Å². The van der Waals surface area contributed by atoms with Crippen molar-refractivity contribution < 1.29 is 63.6 Å².